The van der Waals surface area contributed by atoms with Crippen LogP contribution in [0.1, 0.15) is 31.1 Å². The lowest BCUT2D eigenvalue weighted by Gasteiger charge is -2.35. The molecule has 7 heteroatoms. The minimum Gasteiger partial charge on any atom is -0.444 e. The number of fused-ring (bicyclic) bond motifs is 1. The third-order valence-corrected chi connectivity index (χ3v) is 5.61. The molecule has 0 N–H and O–H groups in total. The predicted molar refractivity (Wildman–Crippen MR) is 126 cm³/mol. The van der Waals surface area contributed by atoms with Gasteiger partial charge in [0.25, 0.3) is 5.91 Å². The molecule has 0 aliphatic carbocycles. The second-order valence-corrected chi connectivity index (χ2v) is 9.25. The van der Waals surface area contributed by atoms with Gasteiger partial charge < -0.3 is 14.5 Å². The van der Waals surface area contributed by atoms with E-state index in [1.165, 1.54) is 0 Å². The number of rotatable bonds is 2. The molecule has 1 saturated heterocycles. The smallest absolute Gasteiger partial charge is 0.410 e. The molecule has 0 unspecified atom stereocenters. The summed E-state index contributed by atoms with van der Waals surface area (Å²) in [5, 5.41) is 1.40. The zero-order valence-electron chi connectivity index (χ0n) is 18.5. The molecule has 0 bridgehead atoms. The van der Waals surface area contributed by atoms with Crippen LogP contribution in [0, 0.1) is 0 Å². The maximum Gasteiger partial charge on any atom is 0.410 e. The fraction of sp³-hybridized carbons (Fsp3) is 0.320. The molecular formula is C25H26ClN3O3. The van der Waals surface area contributed by atoms with Gasteiger partial charge in [-0.1, -0.05) is 48.0 Å². The van der Waals surface area contributed by atoms with Gasteiger partial charge in [0, 0.05) is 42.7 Å². The van der Waals surface area contributed by atoms with Gasteiger partial charge in [0.2, 0.25) is 0 Å². The summed E-state index contributed by atoms with van der Waals surface area (Å²) >= 11 is 6.50. The Hall–Kier alpha value is -3.12. The summed E-state index contributed by atoms with van der Waals surface area (Å²) in [6.45, 7) is 7.31. The van der Waals surface area contributed by atoms with E-state index in [-0.39, 0.29) is 12.0 Å². The second-order valence-electron chi connectivity index (χ2n) is 8.85. The van der Waals surface area contributed by atoms with Crippen molar-refractivity contribution in [3.8, 4) is 11.3 Å². The van der Waals surface area contributed by atoms with Crippen LogP contribution >= 0.6 is 11.6 Å². The number of benzene rings is 2. The highest BCUT2D eigenvalue weighted by Gasteiger charge is 2.28. The molecule has 1 aliphatic rings. The number of ether oxygens (including phenoxy) is 1. The van der Waals surface area contributed by atoms with E-state index in [4.69, 9.17) is 21.3 Å². The molecule has 1 aromatic heterocycles. The average molecular weight is 452 g/mol. The first-order valence-electron chi connectivity index (χ1n) is 10.6. The third-order valence-electron chi connectivity index (χ3n) is 5.29. The first-order chi connectivity index (χ1) is 15.2. The Morgan fingerprint density at radius 2 is 1.59 bits per heavy atom. The summed E-state index contributed by atoms with van der Waals surface area (Å²) in [6.07, 6.45) is -0.345. The second kappa shape index (κ2) is 8.79. The first-order valence-corrected chi connectivity index (χ1v) is 11.0. The molecular weight excluding hydrogens is 426 g/mol. The Bertz CT molecular complexity index is 1150. The lowest BCUT2D eigenvalue weighted by molar-refractivity contribution is 0.0141. The van der Waals surface area contributed by atoms with Gasteiger partial charge in [-0.05, 0) is 39.0 Å². The molecule has 0 atom stereocenters. The maximum absolute atomic E-state index is 13.1. The highest BCUT2D eigenvalue weighted by Crippen LogP contribution is 2.29. The molecule has 6 nitrogen and oxygen atoms in total. The Morgan fingerprint density at radius 3 is 2.25 bits per heavy atom. The standard InChI is InChI=1S/C25H26ClN3O3/c1-25(2,3)32-24(31)29-13-11-28(12-14-29)23(30)18-9-10-19-20(26)16-21(27-22(19)15-18)17-7-5-4-6-8-17/h4-10,15-16H,11-14H2,1-3H3. The minimum absolute atomic E-state index is 0.0845. The highest BCUT2D eigenvalue weighted by atomic mass is 35.5. The number of hydrogen-bond acceptors (Lipinski definition) is 4. The van der Waals surface area contributed by atoms with Gasteiger partial charge in [-0.3, -0.25) is 4.79 Å². The fourth-order valence-electron chi connectivity index (χ4n) is 3.68. The van der Waals surface area contributed by atoms with Crippen LogP contribution in [0.3, 0.4) is 0 Å². The van der Waals surface area contributed by atoms with Crippen molar-refractivity contribution in [1.29, 1.82) is 0 Å². The SMILES string of the molecule is CC(C)(C)OC(=O)N1CCN(C(=O)c2ccc3c(Cl)cc(-c4ccccc4)nc3c2)CC1. The van der Waals surface area contributed by atoms with E-state index >= 15 is 0 Å². The molecule has 2 aromatic carbocycles. The van der Waals surface area contributed by atoms with Crippen LogP contribution in [0.15, 0.2) is 54.6 Å². The van der Waals surface area contributed by atoms with E-state index in [9.17, 15) is 9.59 Å². The molecule has 2 heterocycles. The third kappa shape index (κ3) is 4.86. The van der Waals surface area contributed by atoms with Crippen molar-refractivity contribution < 1.29 is 14.3 Å². The Balaban J connectivity index is 1.51. The van der Waals surface area contributed by atoms with Crippen molar-refractivity contribution in [2.45, 2.75) is 26.4 Å². The summed E-state index contributed by atoms with van der Waals surface area (Å²) in [6, 6.07) is 17.0. The summed E-state index contributed by atoms with van der Waals surface area (Å²) in [4.78, 5) is 33.5. The zero-order chi connectivity index (χ0) is 22.9. The molecule has 1 fully saturated rings. The predicted octanol–water partition coefficient (Wildman–Crippen LogP) is 5.25. The molecule has 0 spiro atoms. The van der Waals surface area contributed by atoms with Crippen molar-refractivity contribution in [3.63, 3.8) is 0 Å². The van der Waals surface area contributed by atoms with Crippen molar-refractivity contribution in [1.82, 2.24) is 14.8 Å². The number of aromatic nitrogens is 1. The molecule has 0 saturated carbocycles. The number of piperazine rings is 1. The lowest BCUT2D eigenvalue weighted by atomic mass is 10.1. The average Bonchev–Trinajstić information content (AvgIpc) is 2.77. The Labute approximate surface area is 192 Å². The number of halogens is 1. The van der Waals surface area contributed by atoms with Crippen LogP contribution in [0.25, 0.3) is 22.2 Å². The van der Waals surface area contributed by atoms with Gasteiger partial charge in [0.05, 0.1) is 16.2 Å². The first kappa shape index (κ1) is 22.1. The van der Waals surface area contributed by atoms with Crippen molar-refractivity contribution in [2.24, 2.45) is 0 Å². The van der Waals surface area contributed by atoms with E-state index in [2.05, 4.69) is 0 Å². The van der Waals surface area contributed by atoms with E-state index in [1.54, 1.807) is 21.9 Å². The van der Waals surface area contributed by atoms with Crippen molar-refractivity contribution in [2.75, 3.05) is 26.2 Å². The number of pyridine rings is 1. The minimum atomic E-state index is -0.540. The van der Waals surface area contributed by atoms with Gasteiger partial charge in [0.1, 0.15) is 5.60 Å². The van der Waals surface area contributed by atoms with Crippen LogP contribution in [-0.4, -0.2) is 58.6 Å². The molecule has 3 aromatic rings. The molecule has 1 aliphatic heterocycles. The molecule has 2 amide bonds. The number of nitrogens with zero attached hydrogens (tertiary/aromatic N) is 3. The van der Waals surface area contributed by atoms with Gasteiger partial charge in [-0.2, -0.15) is 0 Å². The lowest BCUT2D eigenvalue weighted by Crippen LogP contribution is -2.51. The summed E-state index contributed by atoms with van der Waals surface area (Å²) in [7, 11) is 0. The van der Waals surface area contributed by atoms with Crippen LogP contribution in [0.2, 0.25) is 5.02 Å². The molecule has 32 heavy (non-hydrogen) atoms. The number of hydrogen-bond donors (Lipinski definition) is 0. The van der Waals surface area contributed by atoms with Crippen LogP contribution in [0.5, 0.6) is 0 Å². The van der Waals surface area contributed by atoms with E-state index < -0.39 is 5.60 Å². The summed E-state index contributed by atoms with van der Waals surface area (Å²) in [5.74, 6) is -0.0845. The van der Waals surface area contributed by atoms with Gasteiger partial charge in [-0.15, -0.1) is 0 Å². The maximum atomic E-state index is 13.1. The van der Waals surface area contributed by atoms with Crippen molar-refractivity contribution >= 4 is 34.5 Å². The topological polar surface area (TPSA) is 62.7 Å². The largest absolute Gasteiger partial charge is 0.444 e. The van der Waals surface area contributed by atoms with Gasteiger partial charge in [-0.25, -0.2) is 9.78 Å². The number of amides is 2. The summed E-state index contributed by atoms with van der Waals surface area (Å²) < 4.78 is 5.43. The van der Waals surface area contributed by atoms with Gasteiger partial charge in [0.15, 0.2) is 0 Å². The van der Waals surface area contributed by atoms with Crippen LogP contribution in [0.4, 0.5) is 4.79 Å². The zero-order valence-corrected chi connectivity index (χ0v) is 19.2. The van der Waals surface area contributed by atoms with Gasteiger partial charge >= 0.3 is 6.09 Å². The normalized spacial score (nSPS) is 14.5. The number of carbonyl (C=O) groups excluding carboxylic acids is 2. The Kier molecular flexibility index (Phi) is 6.07. The molecule has 4 rings (SSSR count). The van der Waals surface area contributed by atoms with Crippen LogP contribution in [-0.2, 0) is 4.74 Å². The molecule has 0 radical (unpaired) electrons. The van der Waals surface area contributed by atoms with E-state index in [1.807, 2.05) is 63.2 Å². The quantitative estimate of drug-likeness (QED) is 0.534. The Morgan fingerprint density at radius 1 is 0.938 bits per heavy atom. The summed E-state index contributed by atoms with van der Waals surface area (Å²) in [5.41, 5.74) is 2.42. The highest BCUT2D eigenvalue weighted by molar-refractivity contribution is 6.35. The fourth-order valence-corrected chi connectivity index (χ4v) is 3.94. The monoisotopic (exact) mass is 451 g/mol. The van der Waals surface area contributed by atoms with Crippen molar-refractivity contribution in [3.05, 3.63) is 65.2 Å². The van der Waals surface area contributed by atoms with E-state index in [0.717, 1.165) is 16.6 Å². The van der Waals surface area contributed by atoms with Crippen LogP contribution < -0.4 is 0 Å². The van der Waals surface area contributed by atoms with E-state index in [0.29, 0.717) is 42.3 Å². The molecule has 166 valence electrons. The number of carbonyl (C=O) groups is 2.